The molecule has 150 valence electrons. The van der Waals surface area contributed by atoms with Gasteiger partial charge in [0.25, 0.3) is 0 Å². The molecule has 1 heterocycles. The van der Waals surface area contributed by atoms with E-state index in [1.54, 1.807) is 12.1 Å². The zero-order valence-electron chi connectivity index (χ0n) is 16.9. The van der Waals surface area contributed by atoms with Gasteiger partial charge in [0.1, 0.15) is 0 Å². The van der Waals surface area contributed by atoms with Crippen molar-refractivity contribution in [3.8, 4) is 0 Å². The monoisotopic (exact) mass is 399 g/mol. The van der Waals surface area contributed by atoms with Crippen LogP contribution in [0.25, 0.3) is 0 Å². The van der Waals surface area contributed by atoms with Crippen molar-refractivity contribution in [2.45, 2.75) is 50.5 Å². The number of nitrogens with zero attached hydrogens (tertiary/aromatic N) is 1. The normalized spacial score (nSPS) is 18.2. The lowest BCUT2D eigenvalue weighted by molar-refractivity contribution is -0.00962. The zero-order chi connectivity index (χ0) is 20.4. The lowest BCUT2D eigenvalue weighted by Gasteiger charge is -2.38. The number of sulfonamides is 1. The van der Waals surface area contributed by atoms with Gasteiger partial charge in [-0.2, -0.15) is 4.31 Å². The van der Waals surface area contributed by atoms with Crippen LogP contribution in [0.1, 0.15) is 43.4 Å². The van der Waals surface area contributed by atoms with Crippen molar-refractivity contribution in [2.75, 3.05) is 13.1 Å². The van der Waals surface area contributed by atoms with Crippen molar-refractivity contribution in [1.29, 1.82) is 0 Å². The van der Waals surface area contributed by atoms with Crippen LogP contribution < -0.4 is 0 Å². The van der Waals surface area contributed by atoms with Crippen LogP contribution in [-0.4, -0.2) is 30.9 Å². The molecule has 0 spiro atoms. The van der Waals surface area contributed by atoms with E-state index in [1.165, 1.54) is 15.4 Å². The first-order valence-electron chi connectivity index (χ1n) is 9.76. The van der Waals surface area contributed by atoms with E-state index in [9.17, 15) is 13.5 Å². The Morgan fingerprint density at radius 3 is 2.29 bits per heavy atom. The molecular weight excluding hydrogens is 370 g/mol. The molecule has 0 aliphatic carbocycles. The SMILES string of the molecule is C/C=C(\C)Cc1ccc(C2(O)CCN(S(=O)(=O)c3ccccc3C)CC2)cc1. The fourth-order valence-corrected chi connectivity index (χ4v) is 5.39. The van der Waals surface area contributed by atoms with Crippen LogP contribution in [0.5, 0.6) is 0 Å². The van der Waals surface area contributed by atoms with E-state index in [1.807, 2.05) is 38.1 Å². The average molecular weight is 400 g/mol. The van der Waals surface area contributed by atoms with Crippen molar-refractivity contribution >= 4 is 10.0 Å². The number of aliphatic hydroxyl groups is 1. The summed E-state index contributed by atoms with van der Waals surface area (Å²) in [6.07, 6.45) is 3.79. The van der Waals surface area contributed by atoms with Gasteiger partial charge >= 0.3 is 0 Å². The Balaban J connectivity index is 1.73. The second-order valence-electron chi connectivity index (χ2n) is 7.71. The molecule has 1 fully saturated rings. The van der Waals surface area contributed by atoms with Gasteiger partial charge in [-0.3, -0.25) is 0 Å². The molecule has 5 heteroatoms. The smallest absolute Gasteiger partial charge is 0.243 e. The van der Waals surface area contributed by atoms with Crippen LogP contribution in [0.4, 0.5) is 0 Å². The molecule has 1 N–H and O–H groups in total. The summed E-state index contributed by atoms with van der Waals surface area (Å²) in [5.74, 6) is 0. The number of allylic oxidation sites excluding steroid dienone is 2. The lowest BCUT2D eigenvalue weighted by Crippen LogP contribution is -2.45. The molecule has 4 nitrogen and oxygen atoms in total. The standard InChI is InChI=1S/C23H29NO3S/c1-4-18(2)17-20-9-11-21(12-10-20)23(25)13-15-24(16-14-23)28(26,27)22-8-6-5-7-19(22)3/h4-12,25H,13-17H2,1-3H3/b18-4+. The fraction of sp³-hybridized carbons (Fsp3) is 0.391. The molecule has 0 saturated carbocycles. The largest absolute Gasteiger partial charge is 0.385 e. The first-order valence-corrected chi connectivity index (χ1v) is 11.2. The summed E-state index contributed by atoms with van der Waals surface area (Å²) in [6.45, 7) is 6.57. The van der Waals surface area contributed by atoms with Crippen molar-refractivity contribution in [1.82, 2.24) is 4.31 Å². The van der Waals surface area contributed by atoms with Gasteiger partial charge in [-0.25, -0.2) is 8.42 Å². The van der Waals surface area contributed by atoms with E-state index in [0.717, 1.165) is 17.5 Å². The van der Waals surface area contributed by atoms with Crippen LogP contribution in [0.3, 0.4) is 0 Å². The van der Waals surface area contributed by atoms with Crippen molar-refractivity contribution in [2.24, 2.45) is 0 Å². The van der Waals surface area contributed by atoms with Crippen LogP contribution in [0.15, 0.2) is 65.1 Å². The van der Waals surface area contributed by atoms with E-state index < -0.39 is 15.6 Å². The van der Waals surface area contributed by atoms with Gasteiger partial charge < -0.3 is 5.11 Å². The summed E-state index contributed by atoms with van der Waals surface area (Å²) < 4.78 is 27.4. The minimum atomic E-state index is -3.53. The molecule has 2 aromatic rings. The minimum absolute atomic E-state index is 0.312. The van der Waals surface area contributed by atoms with Crippen LogP contribution in [0.2, 0.25) is 0 Å². The maximum atomic E-state index is 13.0. The Bertz CT molecular complexity index is 954. The van der Waals surface area contributed by atoms with E-state index in [4.69, 9.17) is 0 Å². The van der Waals surface area contributed by atoms with E-state index >= 15 is 0 Å². The van der Waals surface area contributed by atoms with Gasteiger partial charge in [-0.05, 0) is 62.8 Å². The average Bonchev–Trinajstić information content (AvgIpc) is 2.69. The predicted molar refractivity (Wildman–Crippen MR) is 113 cm³/mol. The van der Waals surface area contributed by atoms with Crippen molar-refractivity contribution < 1.29 is 13.5 Å². The molecule has 28 heavy (non-hydrogen) atoms. The Morgan fingerprint density at radius 2 is 1.71 bits per heavy atom. The summed E-state index contributed by atoms with van der Waals surface area (Å²) >= 11 is 0. The van der Waals surface area contributed by atoms with E-state index in [-0.39, 0.29) is 0 Å². The Hall–Kier alpha value is -1.95. The third-order valence-electron chi connectivity index (χ3n) is 5.73. The van der Waals surface area contributed by atoms with Crippen LogP contribution >= 0.6 is 0 Å². The van der Waals surface area contributed by atoms with E-state index in [0.29, 0.717) is 30.8 Å². The zero-order valence-corrected chi connectivity index (χ0v) is 17.7. The van der Waals surface area contributed by atoms with Gasteiger partial charge in [0.05, 0.1) is 10.5 Å². The highest BCUT2D eigenvalue weighted by molar-refractivity contribution is 7.89. The number of aryl methyl sites for hydroxylation is 1. The number of piperidine rings is 1. The second kappa shape index (κ2) is 8.19. The molecule has 0 bridgehead atoms. The van der Waals surface area contributed by atoms with Gasteiger partial charge in [0.2, 0.25) is 10.0 Å². The summed E-state index contributed by atoms with van der Waals surface area (Å²) in [4.78, 5) is 0.351. The molecule has 1 aliphatic heterocycles. The highest BCUT2D eigenvalue weighted by Gasteiger charge is 2.38. The summed E-state index contributed by atoms with van der Waals surface area (Å²) in [5.41, 5.74) is 3.15. The quantitative estimate of drug-likeness (QED) is 0.768. The fourth-order valence-electron chi connectivity index (χ4n) is 3.73. The number of hydrogen-bond acceptors (Lipinski definition) is 3. The van der Waals surface area contributed by atoms with Crippen molar-refractivity contribution in [3.63, 3.8) is 0 Å². The molecule has 0 unspecified atom stereocenters. The highest BCUT2D eigenvalue weighted by Crippen LogP contribution is 2.35. The molecule has 0 amide bonds. The van der Waals surface area contributed by atoms with Gasteiger partial charge in [0, 0.05) is 13.1 Å². The Labute approximate surface area is 168 Å². The minimum Gasteiger partial charge on any atom is -0.385 e. The molecule has 1 aliphatic rings. The third kappa shape index (κ3) is 4.22. The predicted octanol–water partition coefficient (Wildman–Crippen LogP) is 4.18. The van der Waals surface area contributed by atoms with Gasteiger partial charge in [-0.15, -0.1) is 0 Å². The number of rotatable bonds is 5. The van der Waals surface area contributed by atoms with E-state index in [2.05, 4.69) is 25.1 Å². The molecule has 3 rings (SSSR count). The summed E-state index contributed by atoms with van der Waals surface area (Å²) in [7, 11) is -3.53. The topological polar surface area (TPSA) is 57.6 Å². The molecule has 0 radical (unpaired) electrons. The molecule has 1 saturated heterocycles. The second-order valence-corrected chi connectivity index (χ2v) is 9.62. The molecule has 2 aromatic carbocycles. The highest BCUT2D eigenvalue weighted by atomic mass is 32.2. The molecule has 0 atom stereocenters. The molecule has 0 aromatic heterocycles. The van der Waals surface area contributed by atoms with Crippen LogP contribution in [-0.2, 0) is 22.0 Å². The Morgan fingerprint density at radius 1 is 1.11 bits per heavy atom. The van der Waals surface area contributed by atoms with Crippen LogP contribution in [0, 0.1) is 6.92 Å². The lowest BCUT2D eigenvalue weighted by atomic mass is 9.84. The van der Waals surface area contributed by atoms with Crippen molar-refractivity contribution in [3.05, 3.63) is 76.9 Å². The maximum Gasteiger partial charge on any atom is 0.243 e. The first kappa shape index (κ1) is 20.8. The number of hydrogen-bond donors (Lipinski definition) is 1. The number of benzene rings is 2. The Kier molecular flexibility index (Phi) is 6.08. The first-order chi connectivity index (χ1) is 13.3. The van der Waals surface area contributed by atoms with Gasteiger partial charge in [0.15, 0.2) is 0 Å². The van der Waals surface area contributed by atoms with Gasteiger partial charge in [-0.1, -0.05) is 54.1 Å². The summed E-state index contributed by atoms with van der Waals surface area (Å²) in [5, 5.41) is 11.1. The maximum absolute atomic E-state index is 13.0. The molecular formula is C23H29NO3S. The third-order valence-corrected chi connectivity index (χ3v) is 7.79. The summed E-state index contributed by atoms with van der Waals surface area (Å²) in [6, 6.07) is 15.1.